The zero-order chi connectivity index (χ0) is 18.6. The molecule has 3 heterocycles. The minimum atomic E-state index is -0.493. The second kappa shape index (κ2) is 8.16. The topological polar surface area (TPSA) is 99.4 Å². The van der Waals surface area contributed by atoms with Gasteiger partial charge in [0, 0.05) is 25.7 Å². The zero-order valence-corrected chi connectivity index (χ0v) is 15.2. The lowest BCUT2D eigenvalue weighted by molar-refractivity contribution is -0.139. The lowest BCUT2D eigenvalue weighted by Crippen LogP contribution is -2.54. The molecule has 1 aromatic heterocycles. The number of carbonyl (C=O) groups excluding carboxylic acids is 1. The molecule has 2 fully saturated rings. The van der Waals surface area contributed by atoms with Gasteiger partial charge >= 0.3 is 0 Å². The van der Waals surface area contributed by atoms with Gasteiger partial charge in [0.2, 0.25) is 0 Å². The first kappa shape index (κ1) is 18.1. The van der Waals surface area contributed by atoms with E-state index in [2.05, 4.69) is 25.5 Å². The van der Waals surface area contributed by atoms with Crippen LogP contribution < -0.4 is 16.2 Å². The number of amides is 1. The van der Waals surface area contributed by atoms with Crippen molar-refractivity contribution in [2.45, 2.75) is 31.5 Å². The summed E-state index contributed by atoms with van der Waals surface area (Å²) in [7, 11) is 0. The molecule has 1 aromatic carbocycles. The molecule has 0 bridgehead atoms. The van der Waals surface area contributed by atoms with E-state index in [0.717, 1.165) is 25.9 Å². The number of benzene rings is 1. The standard InChI is InChI=1S/C19H25N5O3/c25-18-14-5-1-2-6-15(14)22-17(23-18)12-24-8-9-27-16(11-24)19(26)21-13-4-3-7-20-10-13/h1-2,5-6,13,16,20H,3-4,7-12H2,(H,21,26)(H,22,23,25). The molecular formula is C19H25N5O3. The average Bonchev–Trinajstić information content (AvgIpc) is 2.69. The van der Waals surface area contributed by atoms with E-state index in [0.29, 0.717) is 43.0 Å². The fourth-order valence-electron chi connectivity index (χ4n) is 3.70. The first-order valence-electron chi connectivity index (χ1n) is 9.52. The van der Waals surface area contributed by atoms with Crippen molar-refractivity contribution in [3.05, 3.63) is 40.4 Å². The number of piperidine rings is 1. The Morgan fingerprint density at radius 2 is 2.26 bits per heavy atom. The molecule has 3 N–H and O–H groups in total. The number of fused-ring (bicyclic) bond motifs is 1. The number of nitrogens with zero attached hydrogens (tertiary/aromatic N) is 2. The summed E-state index contributed by atoms with van der Waals surface area (Å²) in [6, 6.07) is 7.46. The Labute approximate surface area is 157 Å². The molecule has 2 aliphatic rings. The molecule has 2 atom stereocenters. The predicted molar refractivity (Wildman–Crippen MR) is 101 cm³/mol. The number of rotatable bonds is 4. The number of nitrogens with one attached hydrogen (secondary N) is 3. The van der Waals surface area contributed by atoms with Gasteiger partial charge < -0.3 is 20.4 Å². The molecule has 8 nitrogen and oxygen atoms in total. The highest BCUT2D eigenvalue weighted by atomic mass is 16.5. The molecule has 144 valence electrons. The van der Waals surface area contributed by atoms with Gasteiger partial charge in [-0.15, -0.1) is 0 Å². The maximum atomic E-state index is 12.5. The number of aromatic nitrogens is 2. The van der Waals surface area contributed by atoms with Gasteiger partial charge in [0.25, 0.3) is 11.5 Å². The highest BCUT2D eigenvalue weighted by molar-refractivity contribution is 5.81. The first-order chi connectivity index (χ1) is 13.2. The van der Waals surface area contributed by atoms with E-state index >= 15 is 0 Å². The van der Waals surface area contributed by atoms with Crippen molar-refractivity contribution >= 4 is 16.8 Å². The highest BCUT2D eigenvalue weighted by Gasteiger charge is 2.28. The minimum Gasteiger partial charge on any atom is -0.366 e. The van der Waals surface area contributed by atoms with Crippen molar-refractivity contribution in [2.24, 2.45) is 0 Å². The third-order valence-electron chi connectivity index (χ3n) is 5.12. The third kappa shape index (κ3) is 4.35. The summed E-state index contributed by atoms with van der Waals surface area (Å²) in [6.07, 6.45) is 1.58. The summed E-state index contributed by atoms with van der Waals surface area (Å²) in [6.45, 7) is 3.98. The number of H-pyrrole nitrogens is 1. The van der Waals surface area contributed by atoms with Crippen molar-refractivity contribution in [2.75, 3.05) is 32.8 Å². The first-order valence-corrected chi connectivity index (χ1v) is 9.52. The Bertz CT molecular complexity index is 862. The number of carbonyl (C=O) groups is 1. The summed E-state index contributed by atoms with van der Waals surface area (Å²) in [5.74, 6) is 0.546. The van der Waals surface area contributed by atoms with Gasteiger partial charge in [-0.25, -0.2) is 4.98 Å². The van der Waals surface area contributed by atoms with Crippen LogP contribution in [0.2, 0.25) is 0 Å². The van der Waals surface area contributed by atoms with Crippen LogP contribution in [-0.4, -0.2) is 65.7 Å². The van der Waals surface area contributed by atoms with Crippen LogP contribution in [0.4, 0.5) is 0 Å². The number of hydrogen-bond donors (Lipinski definition) is 3. The smallest absolute Gasteiger partial charge is 0.258 e. The van der Waals surface area contributed by atoms with Gasteiger partial charge in [-0.1, -0.05) is 12.1 Å². The van der Waals surface area contributed by atoms with Crippen molar-refractivity contribution in [1.29, 1.82) is 0 Å². The van der Waals surface area contributed by atoms with Crippen LogP contribution in [-0.2, 0) is 16.1 Å². The van der Waals surface area contributed by atoms with E-state index in [9.17, 15) is 9.59 Å². The van der Waals surface area contributed by atoms with Crippen LogP contribution in [0.3, 0.4) is 0 Å². The van der Waals surface area contributed by atoms with Crippen LogP contribution in [0.15, 0.2) is 29.1 Å². The summed E-state index contributed by atoms with van der Waals surface area (Å²) in [4.78, 5) is 34.2. The van der Waals surface area contributed by atoms with Crippen molar-refractivity contribution in [3.63, 3.8) is 0 Å². The van der Waals surface area contributed by atoms with Crippen molar-refractivity contribution < 1.29 is 9.53 Å². The maximum absolute atomic E-state index is 12.5. The maximum Gasteiger partial charge on any atom is 0.258 e. The number of hydrogen-bond acceptors (Lipinski definition) is 6. The Morgan fingerprint density at radius 3 is 3.11 bits per heavy atom. The summed E-state index contributed by atoms with van der Waals surface area (Å²) in [5.41, 5.74) is 0.548. The Morgan fingerprint density at radius 1 is 1.37 bits per heavy atom. The molecule has 1 amide bonds. The lowest BCUT2D eigenvalue weighted by Gasteiger charge is -2.33. The molecule has 2 saturated heterocycles. The van der Waals surface area contributed by atoms with Crippen LogP contribution >= 0.6 is 0 Å². The molecule has 27 heavy (non-hydrogen) atoms. The predicted octanol–water partition coefficient (Wildman–Crippen LogP) is -0.00790. The fraction of sp³-hybridized carbons (Fsp3) is 0.526. The normalized spacial score (nSPS) is 24.0. The van der Waals surface area contributed by atoms with E-state index < -0.39 is 6.10 Å². The van der Waals surface area contributed by atoms with E-state index in [1.165, 1.54) is 0 Å². The van der Waals surface area contributed by atoms with Gasteiger partial charge in [0.15, 0.2) is 0 Å². The molecule has 0 spiro atoms. The van der Waals surface area contributed by atoms with Gasteiger partial charge in [-0.3, -0.25) is 14.5 Å². The molecule has 8 heteroatoms. The van der Waals surface area contributed by atoms with Crippen LogP contribution in [0.5, 0.6) is 0 Å². The van der Waals surface area contributed by atoms with Crippen LogP contribution in [0.25, 0.3) is 10.9 Å². The van der Waals surface area contributed by atoms with E-state index in [-0.39, 0.29) is 17.5 Å². The lowest BCUT2D eigenvalue weighted by atomic mass is 10.1. The Hall–Kier alpha value is -2.29. The average molecular weight is 371 g/mol. The second-order valence-corrected chi connectivity index (χ2v) is 7.18. The summed E-state index contributed by atoms with van der Waals surface area (Å²) >= 11 is 0. The monoisotopic (exact) mass is 371 g/mol. The van der Waals surface area contributed by atoms with E-state index in [1.54, 1.807) is 6.07 Å². The molecule has 2 aliphatic heterocycles. The van der Waals surface area contributed by atoms with E-state index in [4.69, 9.17) is 4.74 Å². The third-order valence-corrected chi connectivity index (χ3v) is 5.12. The molecule has 0 aliphatic carbocycles. The van der Waals surface area contributed by atoms with Gasteiger partial charge in [-0.05, 0) is 31.5 Å². The van der Waals surface area contributed by atoms with Crippen LogP contribution in [0.1, 0.15) is 18.7 Å². The summed E-state index contributed by atoms with van der Waals surface area (Å²) < 4.78 is 5.68. The quantitative estimate of drug-likeness (QED) is 0.699. The molecule has 2 unspecified atom stereocenters. The van der Waals surface area contributed by atoms with Gasteiger partial charge in [0.1, 0.15) is 11.9 Å². The zero-order valence-electron chi connectivity index (χ0n) is 15.2. The molecule has 4 rings (SSSR count). The van der Waals surface area contributed by atoms with E-state index in [1.807, 2.05) is 18.2 Å². The Kier molecular flexibility index (Phi) is 5.47. The second-order valence-electron chi connectivity index (χ2n) is 7.18. The number of aromatic amines is 1. The van der Waals surface area contributed by atoms with Crippen molar-refractivity contribution in [3.8, 4) is 0 Å². The molecule has 2 aromatic rings. The minimum absolute atomic E-state index is 0.0617. The van der Waals surface area contributed by atoms with Gasteiger partial charge in [-0.2, -0.15) is 0 Å². The highest BCUT2D eigenvalue weighted by Crippen LogP contribution is 2.11. The molecule has 0 saturated carbocycles. The Balaban J connectivity index is 1.39. The molecule has 0 radical (unpaired) electrons. The SMILES string of the molecule is O=C(NC1CCCNC1)C1CN(Cc2nc3ccccc3c(=O)[nH]2)CCO1. The fourth-order valence-corrected chi connectivity index (χ4v) is 3.70. The largest absolute Gasteiger partial charge is 0.366 e. The van der Waals surface area contributed by atoms with Gasteiger partial charge in [0.05, 0.1) is 24.1 Å². The van der Waals surface area contributed by atoms with Crippen molar-refractivity contribution in [1.82, 2.24) is 25.5 Å². The summed E-state index contributed by atoms with van der Waals surface area (Å²) in [5, 5.41) is 6.96. The number of para-hydroxylation sites is 1. The number of morpholine rings is 1. The van der Waals surface area contributed by atoms with Crippen LogP contribution in [0, 0.1) is 0 Å². The molecular weight excluding hydrogens is 346 g/mol. The number of ether oxygens (including phenoxy) is 1.